The fourth-order valence-electron chi connectivity index (χ4n) is 4.27. The minimum absolute atomic E-state index is 0.0157. The molecule has 0 spiro atoms. The first-order chi connectivity index (χ1) is 15.2. The highest BCUT2D eigenvalue weighted by atomic mass is 16.5. The number of piperidine rings is 1. The number of amides is 2. The molecule has 1 atom stereocenters. The van der Waals surface area contributed by atoms with E-state index in [1.165, 1.54) is 0 Å². The first-order valence-corrected chi connectivity index (χ1v) is 11.3. The second-order valence-electron chi connectivity index (χ2n) is 9.78. The Balaban J connectivity index is 1.38. The summed E-state index contributed by atoms with van der Waals surface area (Å²) < 4.78 is 8.72. The average Bonchev–Trinajstić information content (AvgIpc) is 3.40. The largest absolute Gasteiger partial charge is 0.378 e. The van der Waals surface area contributed by atoms with Crippen molar-refractivity contribution >= 4 is 11.8 Å². The van der Waals surface area contributed by atoms with Crippen molar-refractivity contribution in [3.05, 3.63) is 29.3 Å². The van der Waals surface area contributed by atoms with Crippen LogP contribution in [0.1, 0.15) is 60.3 Å². The van der Waals surface area contributed by atoms with Crippen LogP contribution in [-0.4, -0.2) is 85.8 Å². The second kappa shape index (κ2) is 9.01. The third kappa shape index (κ3) is 4.85. The lowest BCUT2D eigenvalue weighted by molar-refractivity contribution is 0.0299. The zero-order valence-corrected chi connectivity index (χ0v) is 19.5. The molecule has 10 heteroatoms. The molecule has 2 aliphatic heterocycles. The number of aryl methyl sites for hydroxylation is 1. The van der Waals surface area contributed by atoms with E-state index < -0.39 is 0 Å². The van der Waals surface area contributed by atoms with Crippen LogP contribution in [0.5, 0.6) is 0 Å². The monoisotopic (exact) mass is 443 g/mol. The molecule has 0 saturated carbocycles. The van der Waals surface area contributed by atoms with Gasteiger partial charge in [0.05, 0.1) is 25.1 Å². The Morgan fingerprint density at radius 2 is 1.88 bits per heavy atom. The number of rotatable bonds is 4. The second-order valence-corrected chi connectivity index (χ2v) is 9.78. The summed E-state index contributed by atoms with van der Waals surface area (Å²) in [5.74, 6) is 0.170. The molecule has 0 bridgehead atoms. The van der Waals surface area contributed by atoms with Crippen LogP contribution < -0.4 is 0 Å². The van der Waals surface area contributed by atoms with Crippen LogP contribution in [0.15, 0.2) is 12.3 Å². The minimum Gasteiger partial charge on any atom is -0.378 e. The van der Waals surface area contributed by atoms with E-state index in [-0.39, 0.29) is 23.1 Å². The van der Waals surface area contributed by atoms with Gasteiger partial charge in [-0.1, -0.05) is 26.0 Å². The van der Waals surface area contributed by atoms with Crippen molar-refractivity contribution in [1.82, 2.24) is 34.6 Å². The number of nitrogens with zero attached hydrogens (tertiary/aromatic N) is 7. The molecular formula is C22H33N7O3. The number of carbonyl (C=O) groups excluding carboxylic acids is 2. The number of hydrogen-bond acceptors (Lipinski definition) is 6. The van der Waals surface area contributed by atoms with Gasteiger partial charge in [0.2, 0.25) is 0 Å². The van der Waals surface area contributed by atoms with E-state index in [0.717, 1.165) is 25.1 Å². The Bertz CT molecular complexity index is 969. The lowest BCUT2D eigenvalue weighted by Crippen LogP contribution is -2.41. The Kier molecular flexibility index (Phi) is 6.32. The minimum atomic E-state index is -0.107. The van der Waals surface area contributed by atoms with Gasteiger partial charge in [-0.25, -0.2) is 0 Å². The van der Waals surface area contributed by atoms with Gasteiger partial charge in [0.25, 0.3) is 11.8 Å². The summed E-state index contributed by atoms with van der Waals surface area (Å²) in [6.45, 7) is 10.6. The van der Waals surface area contributed by atoms with E-state index in [9.17, 15) is 9.59 Å². The number of morpholine rings is 1. The molecule has 4 heterocycles. The van der Waals surface area contributed by atoms with Gasteiger partial charge < -0.3 is 14.5 Å². The maximum atomic E-state index is 13.2. The van der Waals surface area contributed by atoms with Gasteiger partial charge in [-0.2, -0.15) is 5.10 Å². The molecule has 2 saturated heterocycles. The molecule has 2 aliphatic rings. The fraction of sp³-hybridized carbons (Fsp3) is 0.682. The van der Waals surface area contributed by atoms with Crippen molar-refractivity contribution in [3.8, 4) is 0 Å². The molecule has 32 heavy (non-hydrogen) atoms. The Hall–Kier alpha value is -2.75. The standard InChI is InChI=1S/C22H33N7O3/c1-22(2,3)19-12-18(26(4)24-19)21(31)28-7-5-6-16(13-28)14-29-15-17(23-25-29)20(30)27-8-10-32-11-9-27/h12,15-16H,5-11,13-14H2,1-4H3/t16-/m0/s1. The van der Waals surface area contributed by atoms with E-state index in [4.69, 9.17) is 4.74 Å². The van der Waals surface area contributed by atoms with Gasteiger partial charge in [0.15, 0.2) is 5.69 Å². The van der Waals surface area contributed by atoms with E-state index in [2.05, 4.69) is 36.2 Å². The molecule has 0 N–H and O–H groups in total. The average molecular weight is 444 g/mol. The molecule has 10 nitrogen and oxygen atoms in total. The number of ether oxygens (including phenoxy) is 1. The van der Waals surface area contributed by atoms with Crippen LogP contribution in [0.25, 0.3) is 0 Å². The van der Waals surface area contributed by atoms with E-state index in [1.54, 1.807) is 20.5 Å². The zero-order valence-electron chi connectivity index (χ0n) is 19.5. The van der Waals surface area contributed by atoms with Gasteiger partial charge in [-0.15, -0.1) is 5.10 Å². The molecule has 4 rings (SSSR count). The summed E-state index contributed by atoms with van der Waals surface area (Å²) in [6.07, 6.45) is 3.67. The van der Waals surface area contributed by atoms with Gasteiger partial charge >= 0.3 is 0 Å². The van der Waals surface area contributed by atoms with Crippen molar-refractivity contribution in [3.63, 3.8) is 0 Å². The fourth-order valence-corrected chi connectivity index (χ4v) is 4.27. The molecule has 2 fully saturated rings. The first kappa shape index (κ1) is 22.4. The van der Waals surface area contributed by atoms with Gasteiger partial charge in [0, 0.05) is 45.2 Å². The van der Waals surface area contributed by atoms with Crippen LogP contribution >= 0.6 is 0 Å². The molecule has 2 aromatic rings. The maximum absolute atomic E-state index is 13.2. The molecule has 0 unspecified atom stereocenters. The van der Waals surface area contributed by atoms with Crippen molar-refractivity contribution in [2.24, 2.45) is 13.0 Å². The normalized spacial score (nSPS) is 19.9. The van der Waals surface area contributed by atoms with Gasteiger partial charge in [-0.05, 0) is 24.8 Å². The van der Waals surface area contributed by atoms with Crippen LogP contribution in [0.4, 0.5) is 0 Å². The Morgan fingerprint density at radius 3 is 2.56 bits per heavy atom. The van der Waals surface area contributed by atoms with Gasteiger partial charge in [-0.3, -0.25) is 19.0 Å². The Labute approximate surface area is 188 Å². The van der Waals surface area contributed by atoms with Crippen molar-refractivity contribution in [2.45, 2.75) is 45.6 Å². The van der Waals surface area contributed by atoms with Crippen LogP contribution in [0, 0.1) is 5.92 Å². The summed E-state index contributed by atoms with van der Waals surface area (Å²) in [5.41, 5.74) is 1.79. The molecular weight excluding hydrogens is 410 g/mol. The lowest BCUT2D eigenvalue weighted by atomic mass is 9.92. The quantitative estimate of drug-likeness (QED) is 0.707. The topological polar surface area (TPSA) is 98.4 Å². The smallest absolute Gasteiger partial charge is 0.276 e. The van der Waals surface area contributed by atoms with Crippen LogP contribution in [0.2, 0.25) is 0 Å². The number of likely N-dealkylation sites (tertiary alicyclic amines) is 1. The summed E-state index contributed by atoms with van der Waals surface area (Å²) in [5, 5.41) is 12.8. The number of aromatic nitrogens is 5. The number of carbonyl (C=O) groups is 2. The van der Waals surface area contributed by atoms with Gasteiger partial charge in [0.1, 0.15) is 5.69 Å². The van der Waals surface area contributed by atoms with E-state index in [1.807, 2.05) is 18.0 Å². The van der Waals surface area contributed by atoms with E-state index >= 15 is 0 Å². The Morgan fingerprint density at radius 1 is 1.12 bits per heavy atom. The predicted octanol–water partition coefficient (Wildman–Crippen LogP) is 1.33. The third-order valence-electron chi connectivity index (χ3n) is 6.17. The highest BCUT2D eigenvalue weighted by Gasteiger charge is 2.29. The van der Waals surface area contributed by atoms with Crippen molar-refractivity contribution < 1.29 is 14.3 Å². The summed E-state index contributed by atoms with van der Waals surface area (Å²) >= 11 is 0. The highest BCUT2D eigenvalue weighted by Crippen LogP contribution is 2.24. The maximum Gasteiger partial charge on any atom is 0.276 e. The molecule has 0 radical (unpaired) electrons. The molecule has 174 valence electrons. The van der Waals surface area contributed by atoms with Crippen LogP contribution in [0.3, 0.4) is 0 Å². The predicted molar refractivity (Wildman–Crippen MR) is 117 cm³/mol. The summed E-state index contributed by atoms with van der Waals surface area (Å²) in [4.78, 5) is 29.5. The summed E-state index contributed by atoms with van der Waals surface area (Å²) in [7, 11) is 1.83. The molecule has 0 aromatic carbocycles. The lowest BCUT2D eigenvalue weighted by Gasteiger charge is -2.32. The van der Waals surface area contributed by atoms with E-state index in [0.29, 0.717) is 50.8 Å². The SMILES string of the molecule is Cn1nc(C(C)(C)C)cc1C(=O)N1CCC[C@H](Cn2cc(C(=O)N3CCOCC3)nn2)C1. The third-order valence-corrected chi connectivity index (χ3v) is 6.17. The molecule has 2 amide bonds. The zero-order chi connectivity index (χ0) is 22.9. The van der Waals surface area contributed by atoms with Crippen molar-refractivity contribution in [2.75, 3.05) is 39.4 Å². The van der Waals surface area contributed by atoms with Crippen LogP contribution in [-0.2, 0) is 23.7 Å². The summed E-state index contributed by atoms with van der Waals surface area (Å²) in [6, 6.07) is 1.91. The van der Waals surface area contributed by atoms with Crippen molar-refractivity contribution in [1.29, 1.82) is 0 Å². The molecule has 0 aliphatic carbocycles. The first-order valence-electron chi connectivity index (χ1n) is 11.3. The number of hydrogen-bond donors (Lipinski definition) is 0. The highest BCUT2D eigenvalue weighted by molar-refractivity contribution is 5.93. The molecule has 2 aromatic heterocycles.